The van der Waals surface area contributed by atoms with Gasteiger partial charge in [-0.25, -0.2) is 4.98 Å². The maximum atomic E-state index is 12.1. The maximum Gasteiger partial charge on any atom is 0.252 e. The van der Waals surface area contributed by atoms with Crippen molar-refractivity contribution < 1.29 is 4.79 Å². The Morgan fingerprint density at radius 1 is 1.17 bits per heavy atom. The molecule has 24 heavy (non-hydrogen) atoms. The highest BCUT2D eigenvalue weighted by molar-refractivity contribution is 5.94. The van der Waals surface area contributed by atoms with E-state index in [9.17, 15) is 4.79 Å². The van der Waals surface area contributed by atoms with Gasteiger partial charge in [-0.15, -0.1) is 0 Å². The molecule has 0 bridgehead atoms. The summed E-state index contributed by atoms with van der Waals surface area (Å²) in [5, 5.41) is 6.21. The fraction of sp³-hybridized carbons (Fsp3) is 0.368. The van der Waals surface area contributed by atoms with Gasteiger partial charge in [-0.05, 0) is 70.2 Å². The molecule has 0 aliphatic rings. The molecule has 0 spiro atoms. The van der Waals surface area contributed by atoms with E-state index >= 15 is 0 Å². The molecule has 1 amide bonds. The summed E-state index contributed by atoms with van der Waals surface area (Å²) in [5.74, 6) is 0.646. The number of nitrogens with zero attached hydrogens (tertiary/aromatic N) is 2. The molecule has 2 rings (SSSR count). The minimum absolute atomic E-state index is 0.0838. The molecule has 5 heteroatoms. The largest absolute Gasteiger partial charge is 0.352 e. The van der Waals surface area contributed by atoms with Crippen molar-refractivity contribution in [2.75, 3.05) is 32.5 Å². The minimum atomic E-state index is -0.0838. The average Bonchev–Trinajstić information content (AvgIpc) is 2.55. The van der Waals surface area contributed by atoms with Crippen molar-refractivity contribution in [1.82, 2.24) is 15.2 Å². The SMILES string of the molecule is Cc1ccc(C)c(Nc2ccc(C(=O)NCCCN(C)C)cn2)c1. The van der Waals surface area contributed by atoms with Crippen LogP contribution in [0, 0.1) is 13.8 Å². The number of anilines is 2. The number of benzene rings is 1. The lowest BCUT2D eigenvalue weighted by Gasteiger charge is -2.11. The molecule has 0 aliphatic heterocycles. The van der Waals surface area contributed by atoms with E-state index < -0.39 is 0 Å². The van der Waals surface area contributed by atoms with Gasteiger partial charge >= 0.3 is 0 Å². The third kappa shape index (κ3) is 5.35. The first-order chi connectivity index (χ1) is 11.5. The number of carbonyl (C=O) groups is 1. The summed E-state index contributed by atoms with van der Waals surface area (Å²) in [6, 6.07) is 9.87. The van der Waals surface area contributed by atoms with Crippen LogP contribution in [0.15, 0.2) is 36.5 Å². The number of carbonyl (C=O) groups excluding carboxylic acids is 1. The summed E-state index contributed by atoms with van der Waals surface area (Å²) in [7, 11) is 4.04. The standard InChI is InChI=1S/C19H26N4O/c1-14-6-7-15(2)17(12-14)22-18-9-8-16(13-21-18)19(24)20-10-5-11-23(3)4/h6-9,12-13H,5,10-11H2,1-4H3,(H,20,24)(H,21,22). The predicted molar refractivity (Wildman–Crippen MR) is 98.9 cm³/mol. The first-order valence-electron chi connectivity index (χ1n) is 8.19. The molecule has 1 aromatic carbocycles. The zero-order valence-corrected chi connectivity index (χ0v) is 14.9. The second-order valence-corrected chi connectivity index (χ2v) is 6.29. The van der Waals surface area contributed by atoms with Gasteiger partial charge in [0.05, 0.1) is 5.56 Å². The van der Waals surface area contributed by atoms with Crippen molar-refractivity contribution in [3.8, 4) is 0 Å². The molecule has 0 saturated heterocycles. The van der Waals surface area contributed by atoms with Gasteiger partial charge in [0, 0.05) is 18.4 Å². The molecule has 2 N–H and O–H groups in total. The van der Waals surface area contributed by atoms with E-state index in [1.54, 1.807) is 12.3 Å². The Balaban J connectivity index is 1.92. The maximum absolute atomic E-state index is 12.1. The zero-order valence-electron chi connectivity index (χ0n) is 14.9. The van der Waals surface area contributed by atoms with Crippen LogP contribution >= 0.6 is 0 Å². The third-order valence-electron chi connectivity index (χ3n) is 3.75. The first-order valence-corrected chi connectivity index (χ1v) is 8.19. The quantitative estimate of drug-likeness (QED) is 0.768. The molecule has 128 valence electrons. The van der Waals surface area contributed by atoms with Gasteiger partial charge in [-0.1, -0.05) is 12.1 Å². The number of hydrogen-bond donors (Lipinski definition) is 2. The van der Waals surface area contributed by atoms with Crippen LogP contribution in [0.25, 0.3) is 0 Å². The molecular formula is C19H26N4O. The average molecular weight is 326 g/mol. The molecule has 5 nitrogen and oxygen atoms in total. The van der Waals surface area contributed by atoms with E-state index in [1.807, 2.05) is 20.2 Å². The molecule has 0 unspecified atom stereocenters. The number of rotatable bonds is 7. The van der Waals surface area contributed by atoms with Crippen LogP contribution in [0.4, 0.5) is 11.5 Å². The highest BCUT2D eigenvalue weighted by Gasteiger charge is 2.06. The lowest BCUT2D eigenvalue weighted by molar-refractivity contribution is 0.0952. The van der Waals surface area contributed by atoms with Crippen LogP contribution in [-0.2, 0) is 0 Å². The summed E-state index contributed by atoms with van der Waals surface area (Å²) in [6.45, 7) is 5.73. The number of hydrogen-bond acceptors (Lipinski definition) is 4. The van der Waals surface area contributed by atoms with Crippen LogP contribution in [-0.4, -0.2) is 43.0 Å². The lowest BCUT2D eigenvalue weighted by Crippen LogP contribution is -2.27. The van der Waals surface area contributed by atoms with Gasteiger partial charge in [0.1, 0.15) is 5.82 Å². The lowest BCUT2D eigenvalue weighted by atomic mass is 10.1. The van der Waals surface area contributed by atoms with E-state index in [1.165, 1.54) is 5.56 Å². The summed E-state index contributed by atoms with van der Waals surface area (Å²) in [5.41, 5.74) is 3.96. The van der Waals surface area contributed by atoms with Gasteiger partial charge in [0.25, 0.3) is 5.91 Å². The predicted octanol–water partition coefficient (Wildman–Crippen LogP) is 3.12. The van der Waals surface area contributed by atoms with Crippen molar-refractivity contribution in [2.45, 2.75) is 20.3 Å². The second kappa shape index (κ2) is 8.45. The van der Waals surface area contributed by atoms with Gasteiger partial charge < -0.3 is 15.5 Å². The number of amides is 1. The highest BCUT2D eigenvalue weighted by Crippen LogP contribution is 2.20. The van der Waals surface area contributed by atoms with Crippen molar-refractivity contribution in [1.29, 1.82) is 0 Å². The highest BCUT2D eigenvalue weighted by atomic mass is 16.1. The molecule has 0 fully saturated rings. The number of aryl methyl sites for hydroxylation is 2. The normalized spacial score (nSPS) is 10.7. The fourth-order valence-corrected chi connectivity index (χ4v) is 2.31. The molecule has 0 atom stereocenters. The smallest absolute Gasteiger partial charge is 0.252 e. The monoisotopic (exact) mass is 326 g/mol. The van der Waals surface area contributed by atoms with Crippen LogP contribution in [0.5, 0.6) is 0 Å². The van der Waals surface area contributed by atoms with Crippen LogP contribution in [0.1, 0.15) is 27.9 Å². The van der Waals surface area contributed by atoms with E-state index in [0.717, 1.165) is 30.0 Å². The number of nitrogens with one attached hydrogen (secondary N) is 2. The molecule has 2 aromatic rings. The summed E-state index contributed by atoms with van der Waals surface area (Å²) >= 11 is 0. The van der Waals surface area contributed by atoms with Crippen molar-refractivity contribution in [2.24, 2.45) is 0 Å². The number of aromatic nitrogens is 1. The summed E-state index contributed by atoms with van der Waals surface area (Å²) in [6.07, 6.45) is 2.53. The van der Waals surface area contributed by atoms with Crippen molar-refractivity contribution in [3.63, 3.8) is 0 Å². The first kappa shape index (κ1) is 17.9. The van der Waals surface area contributed by atoms with Gasteiger partial charge in [0.2, 0.25) is 0 Å². The van der Waals surface area contributed by atoms with Gasteiger partial charge in [0.15, 0.2) is 0 Å². The topological polar surface area (TPSA) is 57.3 Å². The third-order valence-corrected chi connectivity index (χ3v) is 3.75. The Labute approximate surface area is 144 Å². The van der Waals surface area contributed by atoms with Gasteiger partial charge in [-0.2, -0.15) is 0 Å². The van der Waals surface area contributed by atoms with E-state index in [2.05, 4.69) is 52.6 Å². The molecule has 1 heterocycles. The molecule has 1 aromatic heterocycles. The summed E-state index contributed by atoms with van der Waals surface area (Å²) in [4.78, 5) is 18.5. The van der Waals surface area contributed by atoms with Crippen molar-refractivity contribution in [3.05, 3.63) is 53.2 Å². The summed E-state index contributed by atoms with van der Waals surface area (Å²) < 4.78 is 0. The molecule has 0 aliphatic carbocycles. The Kier molecular flexibility index (Phi) is 6.32. The number of pyridine rings is 1. The van der Waals surface area contributed by atoms with Crippen LogP contribution in [0.3, 0.4) is 0 Å². The van der Waals surface area contributed by atoms with Crippen molar-refractivity contribution >= 4 is 17.4 Å². The molecule has 0 radical (unpaired) electrons. The second-order valence-electron chi connectivity index (χ2n) is 6.29. The Hall–Kier alpha value is -2.40. The Bertz CT molecular complexity index is 680. The minimum Gasteiger partial charge on any atom is -0.352 e. The Morgan fingerprint density at radius 2 is 1.96 bits per heavy atom. The Morgan fingerprint density at radius 3 is 2.62 bits per heavy atom. The molecular weight excluding hydrogens is 300 g/mol. The zero-order chi connectivity index (χ0) is 17.5. The van der Waals surface area contributed by atoms with Crippen LogP contribution < -0.4 is 10.6 Å². The van der Waals surface area contributed by atoms with Gasteiger partial charge in [-0.3, -0.25) is 4.79 Å². The van der Waals surface area contributed by atoms with Crippen LogP contribution in [0.2, 0.25) is 0 Å². The van der Waals surface area contributed by atoms with E-state index in [4.69, 9.17) is 0 Å². The van der Waals surface area contributed by atoms with E-state index in [-0.39, 0.29) is 5.91 Å². The molecule has 0 saturated carbocycles. The van der Waals surface area contributed by atoms with E-state index in [0.29, 0.717) is 12.1 Å². The fourth-order valence-electron chi connectivity index (χ4n) is 2.31.